The summed E-state index contributed by atoms with van der Waals surface area (Å²) in [5, 5.41) is 17.9. The van der Waals surface area contributed by atoms with Gasteiger partial charge in [0.2, 0.25) is 0 Å². The Hall–Kier alpha value is -6.03. The van der Waals surface area contributed by atoms with Gasteiger partial charge in [-0.3, -0.25) is 0 Å². The van der Waals surface area contributed by atoms with E-state index in [-0.39, 0.29) is 6.17 Å². The highest BCUT2D eigenvalue weighted by Gasteiger charge is 2.22. The summed E-state index contributed by atoms with van der Waals surface area (Å²) >= 11 is 1.85. The first-order valence-corrected chi connectivity index (χ1v) is 16.0. The lowest BCUT2D eigenvalue weighted by atomic mass is 10.1. The van der Waals surface area contributed by atoms with Crippen molar-refractivity contribution in [1.29, 1.82) is 5.26 Å². The molecular formula is C40H25N5S. The molecule has 0 fully saturated rings. The minimum atomic E-state index is -0.354. The Bertz CT molecular complexity index is 2570. The van der Waals surface area contributed by atoms with Crippen LogP contribution in [0.5, 0.6) is 0 Å². The normalized spacial score (nSPS) is 14.7. The SMILES string of the molecule is N#Cc1ccc(C2N=C(c3cccc(-n4c5ccccc5c5cc6sc7ccccc7c6cc54)c3)N=C(c3ccccc3)N2)cc1. The number of hydrogen-bond acceptors (Lipinski definition) is 5. The van der Waals surface area contributed by atoms with Crippen LogP contribution in [0.2, 0.25) is 0 Å². The molecule has 1 N–H and O–H groups in total. The predicted octanol–water partition coefficient (Wildman–Crippen LogP) is 9.52. The number of thiophene rings is 1. The zero-order valence-electron chi connectivity index (χ0n) is 24.6. The van der Waals surface area contributed by atoms with E-state index in [4.69, 9.17) is 9.98 Å². The van der Waals surface area contributed by atoms with Crippen LogP contribution in [-0.2, 0) is 0 Å². The fourth-order valence-corrected chi connectivity index (χ4v) is 7.61. The van der Waals surface area contributed by atoms with Crippen LogP contribution in [0.4, 0.5) is 0 Å². The molecule has 6 aromatic carbocycles. The van der Waals surface area contributed by atoms with Crippen LogP contribution in [0.3, 0.4) is 0 Å². The molecule has 1 unspecified atom stereocenters. The van der Waals surface area contributed by atoms with E-state index >= 15 is 0 Å². The summed E-state index contributed by atoms with van der Waals surface area (Å²) in [7, 11) is 0. The minimum absolute atomic E-state index is 0.354. The number of aromatic nitrogens is 1. The number of amidine groups is 2. The van der Waals surface area contributed by atoms with E-state index in [1.807, 2.05) is 65.9 Å². The zero-order chi connectivity index (χ0) is 30.6. The molecule has 6 heteroatoms. The molecule has 1 atom stereocenters. The van der Waals surface area contributed by atoms with Gasteiger partial charge in [0.1, 0.15) is 12.0 Å². The van der Waals surface area contributed by atoms with Crippen LogP contribution in [0.25, 0.3) is 47.7 Å². The molecule has 8 aromatic rings. The maximum Gasteiger partial charge on any atom is 0.159 e. The van der Waals surface area contributed by atoms with Crippen molar-refractivity contribution in [2.24, 2.45) is 9.98 Å². The number of fused-ring (bicyclic) bond motifs is 6. The minimum Gasteiger partial charge on any atom is -0.344 e. The van der Waals surface area contributed by atoms with E-state index in [1.165, 1.54) is 36.5 Å². The Labute approximate surface area is 269 Å². The van der Waals surface area contributed by atoms with Gasteiger partial charge in [-0.2, -0.15) is 5.26 Å². The van der Waals surface area contributed by atoms with Crippen molar-refractivity contribution in [3.05, 3.63) is 162 Å². The molecular weight excluding hydrogens is 583 g/mol. The first kappa shape index (κ1) is 26.4. The largest absolute Gasteiger partial charge is 0.344 e. The van der Waals surface area contributed by atoms with Gasteiger partial charge < -0.3 is 9.88 Å². The Morgan fingerprint density at radius 2 is 1.39 bits per heavy atom. The molecule has 0 spiro atoms. The average molecular weight is 608 g/mol. The van der Waals surface area contributed by atoms with E-state index in [1.54, 1.807) is 0 Å². The molecule has 1 aliphatic heterocycles. The lowest BCUT2D eigenvalue weighted by Crippen LogP contribution is -2.33. The molecule has 0 saturated heterocycles. The molecule has 5 nitrogen and oxygen atoms in total. The topological polar surface area (TPSA) is 65.5 Å². The third-order valence-corrected chi connectivity index (χ3v) is 9.81. The fraction of sp³-hybridized carbons (Fsp3) is 0.0250. The number of nitriles is 1. The molecule has 1 aliphatic rings. The quantitative estimate of drug-likeness (QED) is 0.217. The van der Waals surface area contributed by atoms with Crippen LogP contribution in [0, 0.1) is 11.3 Å². The van der Waals surface area contributed by atoms with Gasteiger partial charge in [0.25, 0.3) is 0 Å². The van der Waals surface area contributed by atoms with E-state index in [0.717, 1.165) is 33.7 Å². The molecule has 2 aromatic heterocycles. The summed E-state index contributed by atoms with van der Waals surface area (Å²) in [5.41, 5.74) is 6.88. The standard InChI is InChI=1S/C40H25N5S/c41-24-25-17-19-27(20-18-25)39-42-38(26-9-2-1-3-10-26)43-40(44-39)28-11-8-12-29(21-28)45-34-15-6-4-13-30(34)32-23-37-33(22-35(32)45)31-14-5-7-16-36(31)46-37/h1-23,39H,(H,42,43,44). The number of nitrogens with zero attached hydrogens (tertiary/aromatic N) is 4. The van der Waals surface area contributed by atoms with Crippen molar-refractivity contribution in [3.63, 3.8) is 0 Å². The molecule has 216 valence electrons. The van der Waals surface area contributed by atoms with E-state index in [2.05, 4.69) is 101 Å². The van der Waals surface area contributed by atoms with Gasteiger partial charge in [0.15, 0.2) is 5.84 Å². The van der Waals surface area contributed by atoms with Crippen LogP contribution < -0.4 is 5.32 Å². The molecule has 0 bridgehead atoms. The van der Waals surface area contributed by atoms with Crippen LogP contribution in [0.15, 0.2) is 150 Å². The van der Waals surface area contributed by atoms with Gasteiger partial charge in [-0.1, -0.05) is 91.0 Å². The van der Waals surface area contributed by atoms with E-state index < -0.39 is 0 Å². The first-order chi connectivity index (χ1) is 22.7. The Balaban J connectivity index is 1.23. The van der Waals surface area contributed by atoms with E-state index in [9.17, 15) is 5.26 Å². The monoisotopic (exact) mass is 607 g/mol. The van der Waals surface area contributed by atoms with E-state index in [0.29, 0.717) is 11.4 Å². The molecule has 3 heterocycles. The summed E-state index contributed by atoms with van der Waals surface area (Å²) < 4.78 is 4.96. The number of para-hydroxylation sites is 1. The second kappa shape index (κ2) is 10.6. The van der Waals surface area contributed by atoms with Crippen molar-refractivity contribution in [2.75, 3.05) is 0 Å². The second-order valence-corrected chi connectivity index (χ2v) is 12.5. The molecule has 9 rings (SSSR count). The molecule has 0 aliphatic carbocycles. The van der Waals surface area contributed by atoms with Crippen LogP contribution in [-0.4, -0.2) is 16.2 Å². The summed E-state index contributed by atoms with van der Waals surface area (Å²) in [6, 6.07) is 50.4. The van der Waals surface area contributed by atoms with Crippen LogP contribution >= 0.6 is 11.3 Å². The lowest BCUT2D eigenvalue weighted by Gasteiger charge is -2.24. The summed E-state index contributed by atoms with van der Waals surface area (Å²) in [6.07, 6.45) is -0.354. The predicted molar refractivity (Wildman–Crippen MR) is 190 cm³/mol. The zero-order valence-corrected chi connectivity index (χ0v) is 25.4. The van der Waals surface area contributed by atoms with Gasteiger partial charge in [0.05, 0.1) is 22.7 Å². The summed E-state index contributed by atoms with van der Waals surface area (Å²) in [5.74, 6) is 1.41. The number of nitrogens with one attached hydrogen (secondary N) is 1. The van der Waals surface area contributed by atoms with Gasteiger partial charge >= 0.3 is 0 Å². The molecule has 0 saturated carbocycles. The van der Waals surface area contributed by atoms with Crippen molar-refractivity contribution in [1.82, 2.24) is 9.88 Å². The van der Waals surface area contributed by atoms with Gasteiger partial charge in [-0.05, 0) is 54.1 Å². The highest BCUT2D eigenvalue weighted by Crippen LogP contribution is 2.40. The second-order valence-electron chi connectivity index (χ2n) is 11.4. The van der Waals surface area contributed by atoms with Crippen LogP contribution in [0.1, 0.15) is 28.4 Å². The maximum absolute atomic E-state index is 9.33. The van der Waals surface area contributed by atoms with Crippen molar-refractivity contribution >= 4 is 65.0 Å². The number of benzene rings is 6. The average Bonchev–Trinajstić information content (AvgIpc) is 3.65. The Morgan fingerprint density at radius 3 is 2.24 bits per heavy atom. The fourth-order valence-electron chi connectivity index (χ4n) is 6.48. The molecule has 46 heavy (non-hydrogen) atoms. The van der Waals surface area contributed by atoms with Crippen molar-refractivity contribution in [3.8, 4) is 11.8 Å². The number of hydrogen-bond donors (Lipinski definition) is 1. The Kier molecular flexibility index (Phi) is 6.05. The third kappa shape index (κ3) is 4.29. The highest BCUT2D eigenvalue weighted by atomic mass is 32.1. The van der Waals surface area contributed by atoms with Gasteiger partial charge in [-0.15, -0.1) is 11.3 Å². The van der Waals surface area contributed by atoms with Crippen molar-refractivity contribution in [2.45, 2.75) is 6.17 Å². The number of rotatable bonds is 4. The van der Waals surface area contributed by atoms with Gasteiger partial charge in [-0.25, -0.2) is 9.98 Å². The molecule has 0 amide bonds. The van der Waals surface area contributed by atoms with Gasteiger partial charge in [0, 0.05) is 47.8 Å². The lowest BCUT2D eigenvalue weighted by molar-refractivity contribution is 0.674. The number of aliphatic imine (C=N–C) groups is 2. The first-order valence-electron chi connectivity index (χ1n) is 15.2. The maximum atomic E-state index is 9.33. The highest BCUT2D eigenvalue weighted by molar-refractivity contribution is 7.25. The third-order valence-electron chi connectivity index (χ3n) is 8.68. The molecule has 0 radical (unpaired) electrons. The summed E-state index contributed by atoms with van der Waals surface area (Å²) in [6.45, 7) is 0. The van der Waals surface area contributed by atoms with Crippen molar-refractivity contribution < 1.29 is 0 Å². The smallest absolute Gasteiger partial charge is 0.159 e. The Morgan fingerprint density at radius 1 is 0.630 bits per heavy atom. The summed E-state index contributed by atoms with van der Waals surface area (Å²) in [4.78, 5) is 10.1.